The Morgan fingerprint density at radius 3 is 2.17 bits per heavy atom. The summed E-state index contributed by atoms with van der Waals surface area (Å²) in [4.78, 5) is 14.4. The molecule has 0 N–H and O–H groups in total. The summed E-state index contributed by atoms with van der Waals surface area (Å²) in [5.74, 6) is -0.307. The van der Waals surface area contributed by atoms with E-state index in [-0.39, 0.29) is 22.5 Å². The summed E-state index contributed by atoms with van der Waals surface area (Å²) < 4.78 is 26.8. The van der Waals surface area contributed by atoms with Crippen molar-refractivity contribution in [2.45, 2.75) is 38.6 Å². The van der Waals surface area contributed by atoms with Crippen LogP contribution in [0.4, 0.5) is 0 Å². The second-order valence-electron chi connectivity index (χ2n) is 5.97. The second-order valence-corrected chi connectivity index (χ2v) is 7.79. The van der Waals surface area contributed by atoms with Gasteiger partial charge in [0.15, 0.2) is 0 Å². The summed E-state index contributed by atoms with van der Waals surface area (Å²) in [7, 11) is -2.13. The van der Waals surface area contributed by atoms with Crippen LogP contribution in [0.1, 0.15) is 35.5 Å². The fourth-order valence-corrected chi connectivity index (χ4v) is 3.59. The Bertz CT molecular complexity index is 818. The number of nitrogens with zero attached hydrogens (tertiary/aromatic N) is 2. The van der Waals surface area contributed by atoms with E-state index in [1.54, 1.807) is 44.3 Å². The van der Waals surface area contributed by atoms with Crippen LogP contribution in [0, 0.1) is 13.8 Å². The van der Waals surface area contributed by atoms with Crippen LogP contribution in [0.15, 0.2) is 41.4 Å². The first-order valence-electron chi connectivity index (χ1n) is 7.43. The van der Waals surface area contributed by atoms with Gasteiger partial charge in [0, 0.05) is 19.3 Å². The fraction of sp³-hybridized carbons (Fsp3) is 0.353. The van der Waals surface area contributed by atoms with Gasteiger partial charge >= 0.3 is 0 Å². The Kier molecular flexibility index (Phi) is 4.66. The Morgan fingerprint density at radius 2 is 1.65 bits per heavy atom. The van der Waals surface area contributed by atoms with Crippen LogP contribution in [-0.4, -0.2) is 36.3 Å². The van der Waals surface area contributed by atoms with Crippen molar-refractivity contribution in [3.63, 3.8) is 0 Å². The molecule has 0 spiro atoms. The molecule has 1 aromatic heterocycles. The van der Waals surface area contributed by atoms with Crippen molar-refractivity contribution in [2.24, 2.45) is 0 Å². The first kappa shape index (κ1) is 17.3. The largest absolute Gasteiger partial charge is 0.338 e. The lowest BCUT2D eigenvalue weighted by Gasteiger charge is -2.22. The first-order valence-corrected chi connectivity index (χ1v) is 8.87. The van der Waals surface area contributed by atoms with Crippen LogP contribution >= 0.6 is 0 Å². The fourth-order valence-electron chi connectivity index (χ4n) is 2.20. The molecule has 1 aromatic carbocycles. The number of carbonyl (C=O) groups excluding carboxylic acids is 1. The second kappa shape index (κ2) is 6.20. The van der Waals surface area contributed by atoms with Crippen LogP contribution in [0.2, 0.25) is 0 Å². The topological polar surface area (TPSA) is 59.4 Å². The monoisotopic (exact) mass is 334 g/mol. The van der Waals surface area contributed by atoms with Crippen molar-refractivity contribution >= 4 is 15.9 Å². The third kappa shape index (κ3) is 3.17. The minimum atomic E-state index is -3.80. The SMILES string of the molecule is Cc1ccc(S(=O)(=O)n2ccc(C)c2C(=O)N(C)C(C)C)cc1. The van der Waals surface area contributed by atoms with Crippen molar-refractivity contribution in [3.8, 4) is 0 Å². The highest BCUT2D eigenvalue weighted by Crippen LogP contribution is 2.21. The van der Waals surface area contributed by atoms with E-state index in [9.17, 15) is 13.2 Å². The van der Waals surface area contributed by atoms with Crippen LogP contribution in [0.25, 0.3) is 0 Å². The molecule has 6 heteroatoms. The maximum absolute atomic E-state index is 12.9. The Morgan fingerprint density at radius 1 is 1.09 bits per heavy atom. The van der Waals surface area contributed by atoms with Gasteiger partial charge in [0.25, 0.3) is 15.9 Å². The Balaban J connectivity index is 2.57. The van der Waals surface area contributed by atoms with E-state index in [0.717, 1.165) is 9.54 Å². The summed E-state index contributed by atoms with van der Waals surface area (Å²) in [6.45, 7) is 7.40. The lowest BCUT2D eigenvalue weighted by molar-refractivity contribution is 0.0747. The molecule has 23 heavy (non-hydrogen) atoms. The average Bonchev–Trinajstić information content (AvgIpc) is 2.88. The maximum atomic E-state index is 12.9. The molecule has 0 saturated heterocycles. The van der Waals surface area contributed by atoms with Gasteiger partial charge in [-0.25, -0.2) is 12.4 Å². The van der Waals surface area contributed by atoms with E-state index in [4.69, 9.17) is 0 Å². The molecule has 0 atom stereocenters. The van der Waals surface area contributed by atoms with Crippen LogP contribution < -0.4 is 0 Å². The molecular formula is C17H22N2O3S. The molecule has 1 heterocycles. The predicted octanol–water partition coefficient (Wildman–Crippen LogP) is 2.82. The number of rotatable bonds is 4. The van der Waals surface area contributed by atoms with E-state index in [1.807, 2.05) is 20.8 Å². The number of aromatic nitrogens is 1. The van der Waals surface area contributed by atoms with Gasteiger partial charge in [0.2, 0.25) is 0 Å². The number of carbonyl (C=O) groups is 1. The first-order chi connectivity index (χ1) is 10.7. The molecule has 0 fully saturated rings. The predicted molar refractivity (Wildman–Crippen MR) is 90.2 cm³/mol. The lowest BCUT2D eigenvalue weighted by atomic mass is 10.2. The van der Waals surface area contributed by atoms with Gasteiger partial charge in [-0.2, -0.15) is 0 Å². The number of hydrogen-bond acceptors (Lipinski definition) is 3. The van der Waals surface area contributed by atoms with Crippen LogP contribution in [0.5, 0.6) is 0 Å². The number of benzene rings is 1. The normalized spacial score (nSPS) is 11.7. The highest BCUT2D eigenvalue weighted by Gasteiger charge is 2.27. The van der Waals surface area contributed by atoms with Crippen LogP contribution in [0.3, 0.4) is 0 Å². The standard InChI is InChI=1S/C17H22N2O3S/c1-12(2)18(5)17(20)16-14(4)10-11-19(16)23(21,22)15-8-6-13(3)7-9-15/h6-12H,1-5H3. The zero-order valence-corrected chi connectivity index (χ0v) is 14.9. The zero-order chi connectivity index (χ0) is 17.4. The van der Waals surface area contributed by atoms with Crippen molar-refractivity contribution in [3.05, 3.63) is 53.3 Å². The van der Waals surface area contributed by atoms with Crippen molar-refractivity contribution in [2.75, 3.05) is 7.05 Å². The molecule has 124 valence electrons. The quantitative estimate of drug-likeness (QED) is 0.864. The highest BCUT2D eigenvalue weighted by atomic mass is 32.2. The summed E-state index contributed by atoms with van der Waals surface area (Å²) >= 11 is 0. The van der Waals surface area contributed by atoms with Crippen LogP contribution in [-0.2, 0) is 10.0 Å². The summed E-state index contributed by atoms with van der Waals surface area (Å²) in [5.41, 5.74) is 1.79. The zero-order valence-electron chi connectivity index (χ0n) is 14.1. The Labute approximate surface area is 137 Å². The minimum absolute atomic E-state index is 0.0210. The number of hydrogen-bond donors (Lipinski definition) is 0. The molecule has 0 bridgehead atoms. The smallest absolute Gasteiger partial charge is 0.271 e. The van der Waals surface area contributed by atoms with Gasteiger partial charge in [-0.15, -0.1) is 0 Å². The maximum Gasteiger partial charge on any atom is 0.271 e. The van der Waals surface area contributed by atoms with Gasteiger partial charge in [-0.05, 0) is 51.5 Å². The molecule has 2 rings (SSSR count). The van der Waals surface area contributed by atoms with Gasteiger partial charge in [0.1, 0.15) is 5.69 Å². The highest BCUT2D eigenvalue weighted by molar-refractivity contribution is 7.90. The van der Waals surface area contributed by atoms with E-state index >= 15 is 0 Å². The van der Waals surface area contributed by atoms with E-state index < -0.39 is 10.0 Å². The average molecular weight is 334 g/mol. The van der Waals surface area contributed by atoms with Crippen molar-refractivity contribution < 1.29 is 13.2 Å². The molecule has 0 aliphatic carbocycles. The number of aryl methyl sites for hydroxylation is 2. The van der Waals surface area contributed by atoms with E-state index in [0.29, 0.717) is 5.56 Å². The summed E-state index contributed by atoms with van der Waals surface area (Å²) in [5, 5.41) is 0. The molecular weight excluding hydrogens is 312 g/mol. The molecule has 5 nitrogen and oxygen atoms in total. The molecule has 2 aromatic rings. The molecule has 1 amide bonds. The Hall–Kier alpha value is -2.08. The summed E-state index contributed by atoms with van der Waals surface area (Å²) in [6, 6.07) is 8.22. The van der Waals surface area contributed by atoms with E-state index in [2.05, 4.69) is 0 Å². The van der Waals surface area contributed by atoms with Crippen molar-refractivity contribution in [1.29, 1.82) is 0 Å². The van der Waals surface area contributed by atoms with Gasteiger partial charge in [-0.3, -0.25) is 4.79 Å². The molecule has 0 saturated carbocycles. The van der Waals surface area contributed by atoms with Gasteiger partial charge < -0.3 is 4.90 Å². The molecule has 0 unspecified atom stereocenters. The molecule has 0 radical (unpaired) electrons. The molecule has 0 aliphatic heterocycles. The minimum Gasteiger partial charge on any atom is -0.338 e. The number of amides is 1. The van der Waals surface area contributed by atoms with E-state index in [1.165, 1.54) is 11.1 Å². The lowest BCUT2D eigenvalue weighted by Crippen LogP contribution is -2.35. The van der Waals surface area contributed by atoms with Gasteiger partial charge in [-0.1, -0.05) is 17.7 Å². The third-order valence-corrected chi connectivity index (χ3v) is 5.62. The van der Waals surface area contributed by atoms with Crippen molar-refractivity contribution in [1.82, 2.24) is 8.87 Å². The van der Waals surface area contributed by atoms with Gasteiger partial charge in [0.05, 0.1) is 4.90 Å². The summed E-state index contributed by atoms with van der Waals surface area (Å²) in [6.07, 6.45) is 1.44. The molecule has 0 aliphatic rings. The third-order valence-electron chi connectivity index (χ3n) is 3.93.